The SMILES string of the molecule is CC1=CC=CN=C(C(C)C)C1. The Kier molecular flexibility index (Phi) is 2.64. The highest BCUT2D eigenvalue weighted by molar-refractivity contribution is 5.89. The molecule has 0 saturated heterocycles. The zero-order valence-corrected chi connectivity index (χ0v) is 7.46. The largest absolute Gasteiger partial charge is 0.265 e. The Labute approximate surface area is 68.5 Å². The molecule has 1 aliphatic rings. The van der Waals surface area contributed by atoms with E-state index in [-0.39, 0.29) is 0 Å². The molecule has 1 heterocycles. The lowest BCUT2D eigenvalue weighted by molar-refractivity contribution is 0.861. The Morgan fingerprint density at radius 3 is 2.82 bits per heavy atom. The van der Waals surface area contributed by atoms with Gasteiger partial charge in [-0.1, -0.05) is 25.5 Å². The fourth-order valence-corrected chi connectivity index (χ4v) is 1.09. The molecule has 11 heavy (non-hydrogen) atoms. The molecule has 1 heteroatoms. The Hall–Kier alpha value is -0.850. The average Bonchev–Trinajstić information content (AvgIpc) is 2.13. The Morgan fingerprint density at radius 2 is 2.18 bits per heavy atom. The van der Waals surface area contributed by atoms with Crippen LogP contribution in [-0.4, -0.2) is 5.71 Å². The molecule has 0 aromatic carbocycles. The smallest absolute Gasteiger partial charge is 0.0267 e. The van der Waals surface area contributed by atoms with Gasteiger partial charge in [-0.25, -0.2) is 0 Å². The maximum absolute atomic E-state index is 4.36. The van der Waals surface area contributed by atoms with Crippen LogP contribution in [0.2, 0.25) is 0 Å². The van der Waals surface area contributed by atoms with Gasteiger partial charge in [0.25, 0.3) is 0 Å². The van der Waals surface area contributed by atoms with Crippen LogP contribution >= 0.6 is 0 Å². The summed E-state index contributed by atoms with van der Waals surface area (Å²) in [6, 6.07) is 0. The van der Waals surface area contributed by atoms with Gasteiger partial charge in [-0.15, -0.1) is 0 Å². The van der Waals surface area contributed by atoms with E-state index in [2.05, 4.69) is 31.8 Å². The lowest BCUT2D eigenvalue weighted by atomic mass is 10.0. The predicted octanol–water partition coefficient (Wildman–Crippen LogP) is 2.95. The number of allylic oxidation sites excluding steroid dienone is 3. The first-order valence-corrected chi connectivity index (χ1v) is 4.09. The van der Waals surface area contributed by atoms with Crippen LogP contribution in [-0.2, 0) is 0 Å². The minimum atomic E-state index is 0.570. The van der Waals surface area contributed by atoms with Crippen LogP contribution in [0, 0.1) is 5.92 Å². The molecule has 0 aromatic heterocycles. The lowest BCUT2D eigenvalue weighted by Crippen LogP contribution is -2.06. The highest BCUT2D eigenvalue weighted by Gasteiger charge is 2.05. The van der Waals surface area contributed by atoms with Crippen molar-refractivity contribution < 1.29 is 0 Å². The third-order valence-corrected chi connectivity index (χ3v) is 1.83. The van der Waals surface area contributed by atoms with Gasteiger partial charge in [-0.05, 0) is 18.9 Å². The fraction of sp³-hybridized carbons (Fsp3) is 0.500. The van der Waals surface area contributed by atoms with Gasteiger partial charge in [0.15, 0.2) is 0 Å². The van der Waals surface area contributed by atoms with E-state index in [9.17, 15) is 0 Å². The molecule has 1 nitrogen and oxygen atoms in total. The van der Waals surface area contributed by atoms with E-state index in [4.69, 9.17) is 0 Å². The molecular formula is C10H15N. The van der Waals surface area contributed by atoms with Crippen molar-refractivity contribution in [2.45, 2.75) is 27.2 Å². The van der Waals surface area contributed by atoms with Crippen molar-refractivity contribution in [2.24, 2.45) is 10.9 Å². The Bertz CT molecular complexity index is 219. The number of nitrogens with zero attached hydrogens (tertiary/aromatic N) is 1. The van der Waals surface area contributed by atoms with Gasteiger partial charge >= 0.3 is 0 Å². The Morgan fingerprint density at radius 1 is 1.45 bits per heavy atom. The molecule has 0 spiro atoms. The van der Waals surface area contributed by atoms with Gasteiger partial charge < -0.3 is 0 Å². The van der Waals surface area contributed by atoms with Gasteiger partial charge in [0.05, 0.1) is 0 Å². The lowest BCUT2D eigenvalue weighted by Gasteiger charge is -2.07. The topological polar surface area (TPSA) is 12.4 Å². The summed E-state index contributed by atoms with van der Waals surface area (Å²) in [6.45, 7) is 6.52. The second-order valence-corrected chi connectivity index (χ2v) is 3.31. The predicted molar refractivity (Wildman–Crippen MR) is 49.8 cm³/mol. The van der Waals surface area contributed by atoms with Crippen LogP contribution in [0.3, 0.4) is 0 Å². The summed E-state index contributed by atoms with van der Waals surface area (Å²) in [5.74, 6) is 0.570. The molecule has 0 atom stereocenters. The van der Waals surface area contributed by atoms with E-state index in [1.165, 1.54) is 11.3 Å². The van der Waals surface area contributed by atoms with Gasteiger partial charge in [-0.2, -0.15) is 0 Å². The van der Waals surface area contributed by atoms with E-state index < -0.39 is 0 Å². The maximum Gasteiger partial charge on any atom is 0.0267 e. The summed E-state index contributed by atoms with van der Waals surface area (Å²) in [5.41, 5.74) is 2.68. The van der Waals surface area contributed by atoms with Gasteiger partial charge in [0.1, 0.15) is 0 Å². The van der Waals surface area contributed by atoms with Crippen molar-refractivity contribution in [1.82, 2.24) is 0 Å². The van der Waals surface area contributed by atoms with E-state index in [1.807, 2.05) is 12.3 Å². The van der Waals surface area contributed by atoms with Gasteiger partial charge in [0.2, 0.25) is 0 Å². The molecule has 60 valence electrons. The maximum atomic E-state index is 4.36. The van der Waals surface area contributed by atoms with Crippen molar-refractivity contribution in [1.29, 1.82) is 0 Å². The number of rotatable bonds is 1. The van der Waals surface area contributed by atoms with Crippen LogP contribution in [0.1, 0.15) is 27.2 Å². The molecular weight excluding hydrogens is 134 g/mol. The molecule has 0 aromatic rings. The first-order chi connectivity index (χ1) is 5.20. The summed E-state index contributed by atoms with van der Waals surface area (Å²) in [6.07, 6.45) is 7.04. The van der Waals surface area contributed by atoms with Crippen LogP contribution < -0.4 is 0 Å². The van der Waals surface area contributed by atoms with E-state index >= 15 is 0 Å². The highest BCUT2D eigenvalue weighted by atomic mass is 14.7. The summed E-state index contributed by atoms with van der Waals surface area (Å²) in [4.78, 5) is 4.36. The molecule has 1 aliphatic heterocycles. The average molecular weight is 149 g/mol. The monoisotopic (exact) mass is 149 g/mol. The normalized spacial score (nSPS) is 17.8. The minimum Gasteiger partial charge on any atom is -0.265 e. The van der Waals surface area contributed by atoms with E-state index in [1.54, 1.807) is 0 Å². The van der Waals surface area contributed by atoms with Crippen LogP contribution in [0.25, 0.3) is 0 Å². The molecule has 0 N–H and O–H groups in total. The molecule has 0 saturated carbocycles. The van der Waals surface area contributed by atoms with Gasteiger partial charge in [0, 0.05) is 18.3 Å². The van der Waals surface area contributed by atoms with Crippen LogP contribution in [0.15, 0.2) is 28.9 Å². The molecule has 0 unspecified atom stereocenters. The summed E-state index contributed by atoms with van der Waals surface area (Å²) >= 11 is 0. The molecule has 0 fully saturated rings. The second kappa shape index (κ2) is 3.51. The molecule has 0 bridgehead atoms. The standard InChI is InChI=1S/C10H15N/c1-8(2)10-7-9(3)5-4-6-11-10/h4-6,8H,7H2,1-3H3. The molecule has 1 rings (SSSR count). The van der Waals surface area contributed by atoms with Gasteiger partial charge in [-0.3, -0.25) is 4.99 Å². The molecule has 0 aliphatic carbocycles. The number of hydrogen-bond acceptors (Lipinski definition) is 1. The van der Waals surface area contributed by atoms with Crippen LogP contribution in [0.4, 0.5) is 0 Å². The van der Waals surface area contributed by atoms with Crippen molar-refractivity contribution in [3.05, 3.63) is 23.9 Å². The number of hydrogen-bond donors (Lipinski definition) is 0. The van der Waals surface area contributed by atoms with Crippen molar-refractivity contribution in [3.63, 3.8) is 0 Å². The third kappa shape index (κ3) is 2.34. The fourth-order valence-electron chi connectivity index (χ4n) is 1.09. The quantitative estimate of drug-likeness (QED) is 0.543. The second-order valence-electron chi connectivity index (χ2n) is 3.31. The zero-order valence-electron chi connectivity index (χ0n) is 7.46. The third-order valence-electron chi connectivity index (χ3n) is 1.83. The summed E-state index contributed by atoms with van der Waals surface area (Å²) < 4.78 is 0. The van der Waals surface area contributed by atoms with Crippen molar-refractivity contribution >= 4 is 5.71 Å². The molecule has 0 amide bonds. The van der Waals surface area contributed by atoms with E-state index in [0.29, 0.717) is 5.92 Å². The molecule has 0 radical (unpaired) electrons. The van der Waals surface area contributed by atoms with Crippen molar-refractivity contribution in [3.8, 4) is 0 Å². The summed E-state index contributed by atoms with van der Waals surface area (Å²) in [5, 5.41) is 0. The van der Waals surface area contributed by atoms with E-state index in [0.717, 1.165) is 6.42 Å². The van der Waals surface area contributed by atoms with Crippen LogP contribution in [0.5, 0.6) is 0 Å². The summed E-state index contributed by atoms with van der Waals surface area (Å²) in [7, 11) is 0. The zero-order chi connectivity index (χ0) is 8.27. The van der Waals surface area contributed by atoms with Crippen molar-refractivity contribution in [2.75, 3.05) is 0 Å². The first-order valence-electron chi connectivity index (χ1n) is 4.09. The number of aliphatic imine (C=N–C) groups is 1. The minimum absolute atomic E-state index is 0.570. The Balaban J connectivity index is 2.76. The highest BCUT2D eigenvalue weighted by Crippen LogP contribution is 2.12. The first kappa shape index (κ1) is 8.25.